The van der Waals surface area contributed by atoms with Crippen LogP contribution in [0.15, 0.2) is 29.4 Å². The number of para-hydroxylation sites is 2. The first-order chi connectivity index (χ1) is 5.86. The first kappa shape index (κ1) is 12.5. The van der Waals surface area contributed by atoms with E-state index in [9.17, 15) is 0 Å². The van der Waals surface area contributed by atoms with Gasteiger partial charge < -0.3 is 17.6 Å². The molecular formula is C9H11N2SZn-. The molecule has 2 rings (SSSR count). The minimum atomic E-state index is 0. The van der Waals surface area contributed by atoms with Crippen LogP contribution in [0.4, 0.5) is 0 Å². The smallest absolute Gasteiger partial charge is 0.0863 e. The molecule has 1 N–H and O–H groups in total. The molecule has 2 nitrogen and oxygen atoms in total. The molecule has 0 spiro atoms. The Morgan fingerprint density at radius 1 is 1.23 bits per heavy atom. The summed E-state index contributed by atoms with van der Waals surface area (Å²) in [5.41, 5.74) is 1.94. The number of hydrogen-bond donors (Lipinski definition) is 1. The van der Waals surface area contributed by atoms with Gasteiger partial charge in [-0.3, -0.25) is 4.98 Å². The number of fused-ring (bicyclic) bond motifs is 1. The maximum absolute atomic E-state index is 4.85. The van der Waals surface area contributed by atoms with Crippen LogP contribution < -0.4 is 0 Å². The van der Waals surface area contributed by atoms with Crippen molar-refractivity contribution in [3.63, 3.8) is 0 Å². The number of hydrogen-bond acceptors (Lipinski definition) is 2. The Morgan fingerprint density at radius 2 is 1.85 bits per heavy atom. The molecule has 0 aliphatic rings. The largest absolute Gasteiger partial charge is 0.742 e. The van der Waals surface area contributed by atoms with Crippen molar-refractivity contribution >= 4 is 23.7 Å². The van der Waals surface area contributed by atoms with Gasteiger partial charge in [0.1, 0.15) is 0 Å². The second-order valence-corrected chi connectivity index (χ2v) is 2.45. The Balaban J connectivity index is 0.000000451. The zero-order valence-corrected chi connectivity index (χ0v) is 11.7. The van der Waals surface area contributed by atoms with Crippen molar-refractivity contribution in [2.75, 3.05) is 0 Å². The molecule has 1 aromatic carbocycles. The van der Waals surface area contributed by atoms with Crippen LogP contribution in [-0.4, -0.2) is 9.97 Å². The van der Waals surface area contributed by atoms with Crippen LogP contribution in [-0.2, 0) is 32.1 Å². The number of aromatic amines is 1. The van der Waals surface area contributed by atoms with Gasteiger partial charge in [-0.05, 0) is 17.3 Å². The van der Waals surface area contributed by atoms with Crippen LogP contribution in [0.3, 0.4) is 0 Å². The molecule has 0 fully saturated rings. The third-order valence-corrected chi connectivity index (χ3v) is 1.56. The second-order valence-electron chi connectivity index (χ2n) is 2.06. The maximum Gasteiger partial charge on any atom is 0.0863 e. The number of H-pyrrole nitrogens is 1. The average Bonchev–Trinajstić information content (AvgIpc) is 2.48. The summed E-state index contributed by atoms with van der Waals surface area (Å²) in [4.78, 5) is 7.03. The van der Waals surface area contributed by atoms with Gasteiger partial charge in [-0.2, -0.15) is 0 Å². The van der Waals surface area contributed by atoms with E-state index >= 15 is 0 Å². The van der Waals surface area contributed by atoms with Gasteiger partial charge >= 0.3 is 0 Å². The Labute approximate surface area is 96.3 Å². The summed E-state index contributed by atoms with van der Waals surface area (Å²) in [6.45, 7) is 4.00. The van der Waals surface area contributed by atoms with E-state index in [1.165, 1.54) is 0 Å². The van der Waals surface area contributed by atoms with Crippen molar-refractivity contribution in [3.8, 4) is 0 Å². The van der Waals surface area contributed by atoms with E-state index in [1.54, 1.807) is 0 Å². The van der Waals surface area contributed by atoms with Crippen LogP contribution in [0.5, 0.6) is 0 Å². The van der Waals surface area contributed by atoms with Crippen LogP contribution in [0, 0.1) is 0 Å². The van der Waals surface area contributed by atoms with Gasteiger partial charge in [0.25, 0.3) is 0 Å². The van der Waals surface area contributed by atoms with Gasteiger partial charge in [-0.15, -0.1) is 0 Å². The summed E-state index contributed by atoms with van der Waals surface area (Å²) in [5.74, 6) is 0. The van der Waals surface area contributed by atoms with Crippen molar-refractivity contribution in [1.29, 1.82) is 0 Å². The van der Waals surface area contributed by atoms with Crippen molar-refractivity contribution in [2.24, 2.45) is 0 Å². The first-order valence-electron chi connectivity index (χ1n) is 3.98. The summed E-state index contributed by atoms with van der Waals surface area (Å²) in [6, 6.07) is 7.78. The van der Waals surface area contributed by atoms with Crippen LogP contribution in [0.1, 0.15) is 13.8 Å². The van der Waals surface area contributed by atoms with Gasteiger partial charge in [-0.25, -0.2) is 0 Å². The number of nitrogens with zero attached hydrogens (tertiary/aromatic N) is 1. The van der Waals surface area contributed by atoms with Crippen molar-refractivity contribution in [1.82, 2.24) is 9.97 Å². The van der Waals surface area contributed by atoms with Crippen molar-refractivity contribution < 1.29 is 19.5 Å². The zero-order chi connectivity index (χ0) is 8.97. The third-order valence-electron chi connectivity index (χ3n) is 1.37. The predicted molar refractivity (Wildman–Crippen MR) is 53.1 cm³/mol. The van der Waals surface area contributed by atoms with Gasteiger partial charge in [0, 0.05) is 19.5 Å². The molecule has 66 valence electrons. The quantitative estimate of drug-likeness (QED) is 0.570. The zero-order valence-electron chi connectivity index (χ0n) is 7.87. The second kappa shape index (κ2) is 6.06. The molecule has 0 radical (unpaired) electrons. The van der Waals surface area contributed by atoms with Crippen LogP contribution in [0.2, 0.25) is 0 Å². The summed E-state index contributed by atoms with van der Waals surface area (Å²) in [6.07, 6.45) is 0. The summed E-state index contributed by atoms with van der Waals surface area (Å²) in [7, 11) is 0. The molecule has 13 heavy (non-hydrogen) atoms. The summed E-state index contributed by atoms with van der Waals surface area (Å²) in [5, 5.41) is 0.557. The van der Waals surface area contributed by atoms with Gasteiger partial charge in [-0.1, -0.05) is 26.0 Å². The van der Waals surface area contributed by atoms with E-state index < -0.39 is 0 Å². The summed E-state index contributed by atoms with van der Waals surface area (Å²) >= 11 is 4.85. The molecule has 0 aliphatic heterocycles. The Bertz CT molecular complexity index is 326. The van der Waals surface area contributed by atoms with Gasteiger partial charge in [0.05, 0.1) is 11.0 Å². The van der Waals surface area contributed by atoms with Crippen LogP contribution >= 0.6 is 0 Å². The Hall–Kier alpha value is -0.467. The molecule has 1 heterocycles. The van der Waals surface area contributed by atoms with Gasteiger partial charge in [0.2, 0.25) is 0 Å². The molecule has 0 atom stereocenters. The van der Waals surface area contributed by atoms with Crippen LogP contribution in [0.25, 0.3) is 11.0 Å². The topological polar surface area (TPSA) is 28.7 Å². The standard InChI is InChI=1S/C7H6N2S.C2H6.Zn/c10-7-8-5-3-1-2-4-6(5)9-7;1-2;/h1-4H,(H2,8,9,10);1-2H3;/p-1. The van der Waals surface area contributed by atoms with E-state index in [2.05, 4.69) is 9.97 Å². The molecule has 0 aliphatic carbocycles. The number of nitrogens with one attached hydrogen (secondary N) is 1. The van der Waals surface area contributed by atoms with E-state index in [1.807, 2.05) is 38.1 Å². The molecule has 2 aromatic rings. The predicted octanol–water partition coefficient (Wildman–Crippen LogP) is 2.49. The molecule has 0 unspecified atom stereocenters. The Morgan fingerprint density at radius 3 is 2.46 bits per heavy atom. The average molecular weight is 245 g/mol. The molecule has 1 aromatic heterocycles. The van der Waals surface area contributed by atoms with Gasteiger partial charge in [0.15, 0.2) is 0 Å². The van der Waals surface area contributed by atoms with Crippen molar-refractivity contribution in [2.45, 2.75) is 19.0 Å². The van der Waals surface area contributed by atoms with E-state index in [4.69, 9.17) is 12.6 Å². The molecular weight excluding hydrogens is 234 g/mol. The molecule has 0 amide bonds. The normalized spacial score (nSPS) is 8.46. The maximum atomic E-state index is 4.85. The Kier molecular flexibility index (Phi) is 5.84. The SMILES string of the molecule is CC.[S-]c1nc2ccccc2[nH]1.[Zn]. The third kappa shape index (κ3) is 3.05. The number of benzene rings is 1. The fraction of sp³-hybridized carbons (Fsp3) is 0.222. The van der Waals surface area contributed by atoms with E-state index in [-0.39, 0.29) is 19.5 Å². The van der Waals surface area contributed by atoms with Crippen molar-refractivity contribution in [3.05, 3.63) is 24.3 Å². The molecule has 4 heteroatoms. The van der Waals surface area contributed by atoms with E-state index in [0.29, 0.717) is 5.16 Å². The number of aromatic nitrogens is 2. The molecule has 0 saturated heterocycles. The first-order valence-corrected chi connectivity index (χ1v) is 4.39. The minimum Gasteiger partial charge on any atom is -0.742 e. The fourth-order valence-corrected chi connectivity index (χ4v) is 1.14. The van der Waals surface area contributed by atoms with E-state index in [0.717, 1.165) is 11.0 Å². The fourth-order valence-electron chi connectivity index (χ4n) is 0.929. The molecule has 0 bridgehead atoms. The summed E-state index contributed by atoms with van der Waals surface area (Å²) < 4.78 is 0. The monoisotopic (exact) mass is 243 g/mol. The minimum absolute atomic E-state index is 0. The number of rotatable bonds is 0. The molecule has 0 saturated carbocycles. The number of imidazole rings is 1.